The number of aromatic amines is 1. The van der Waals surface area contributed by atoms with E-state index in [1.165, 1.54) is 22.1 Å². The summed E-state index contributed by atoms with van der Waals surface area (Å²) in [6.45, 7) is 0.275. The Kier molecular flexibility index (Phi) is 3.93. The smallest absolute Gasteiger partial charge is 0.259 e. The average Bonchev–Trinajstić information content (AvgIpc) is 3.10. The maximum absolute atomic E-state index is 12.3. The van der Waals surface area contributed by atoms with Crippen molar-refractivity contribution in [3.8, 4) is 0 Å². The summed E-state index contributed by atoms with van der Waals surface area (Å²) in [4.78, 5) is 8.53. The number of hydrogen-bond donors (Lipinski definition) is 2. The predicted molar refractivity (Wildman–Crippen MR) is 78.0 cm³/mol. The number of thiazole rings is 1. The van der Waals surface area contributed by atoms with Crippen LogP contribution in [-0.2, 0) is 16.4 Å². The summed E-state index contributed by atoms with van der Waals surface area (Å²) < 4.78 is 28.6. The molecule has 3 heterocycles. The molecule has 0 amide bonds. The lowest BCUT2D eigenvalue weighted by molar-refractivity contribution is 0.573. The van der Waals surface area contributed by atoms with E-state index in [0.29, 0.717) is 17.8 Å². The SMILES string of the molecule is O=S(=O)(NCCCc1ncn[nH]1)c1c(Cl)nc2sccn12. The molecule has 0 saturated carbocycles. The lowest BCUT2D eigenvalue weighted by Crippen LogP contribution is -2.26. The number of rotatable bonds is 6. The number of aryl methyl sites for hydroxylation is 1. The van der Waals surface area contributed by atoms with Crippen molar-refractivity contribution < 1.29 is 8.42 Å². The average molecular weight is 347 g/mol. The van der Waals surface area contributed by atoms with Gasteiger partial charge in [0.05, 0.1) is 0 Å². The Hall–Kier alpha value is -1.49. The van der Waals surface area contributed by atoms with Gasteiger partial charge in [0.2, 0.25) is 0 Å². The molecular formula is C10H11ClN6O2S2. The predicted octanol–water partition coefficient (Wildman–Crippen LogP) is 1.08. The topological polar surface area (TPSA) is 105 Å². The van der Waals surface area contributed by atoms with Gasteiger partial charge in [-0.2, -0.15) is 5.10 Å². The second-order valence-electron chi connectivity index (χ2n) is 4.20. The Bertz CT molecular complexity index is 838. The minimum Gasteiger partial charge on any atom is -0.279 e. The van der Waals surface area contributed by atoms with Gasteiger partial charge in [-0.1, -0.05) is 11.6 Å². The van der Waals surface area contributed by atoms with Crippen molar-refractivity contribution in [2.45, 2.75) is 17.9 Å². The van der Waals surface area contributed by atoms with Gasteiger partial charge in [-0.25, -0.2) is 23.1 Å². The molecule has 3 aromatic rings. The Labute approximate surface area is 129 Å². The molecule has 0 aliphatic heterocycles. The van der Waals surface area contributed by atoms with Crippen LogP contribution >= 0.6 is 22.9 Å². The number of imidazole rings is 1. The van der Waals surface area contributed by atoms with E-state index in [2.05, 4.69) is 24.9 Å². The van der Waals surface area contributed by atoms with E-state index in [1.807, 2.05) is 0 Å². The molecule has 3 rings (SSSR count). The highest BCUT2D eigenvalue weighted by Gasteiger charge is 2.24. The van der Waals surface area contributed by atoms with Crippen LogP contribution in [-0.4, -0.2) is 39.5 Å². The third-order valence-electron chi connectivity index (χ3n) is 2.78. The molecule has 11 heteroatoms. The van der Waals surface area contributed by atoms with Crippen LogP contribution < -0.4 is 4.72 Å². The zero-order valence-corrected chi connectivity index (χ0v) is 13.0. The van der Waals surface area contributed by atoms with Crippen molar-refractivity contribution in [1.29, 1.82) is 0 Å². The summed E-state index contributed by atoms with van der Waals surface area (Å²) in [5.41, 5.74) is 0. The van der Waals surface area contributed by atoms with Gasteiger partial charge >= 0.3 is 0 Å². The zero-order valence-electron chi connectivity index (χ0n) is 10.7. The standard InChI is InChI=1S/C10H11ClN6O2S2/c11-8-9(17-4-5-20-10(17)15-8)21(18,19)14-3-1-2-7-12-6-13-16-7/h4-6,14H,1-3H2,(H,12,13,16). The van der Waals surface area contributed by atoms with Crippen molar-refractivity contribution in [1.82, 2.24) is 29.3 Å². The van der Waals surface area contributed by atoms with E-state index in [0.717, 1.165) is 5.82 Å². The van der Waals surface area contributed by atoms with Crippen LogP contribution in [0.15, 0.2) is 22.9 Å². The molecular weight excluding hydrogens is 336 g/mol. The Morgan fingerprint density at radius 3 is 3.10 bits per heavy atom. The largest absolute Gasteiger partial charge is 0.279 e. The molecule has 3 aromatic heterocycles. The minimum atomic E-state index is -3.71. The van der Waals surface area contributed by atoms with Crippen molar-refractivity contribution in [2.75, 3.05) is 6.54 Å². The summed E-state index contributed by atoms with van der Waals surface area (Å²) in [6, 6.07) is 0. The summed E-state index contributed by atoms with van der Waals surface area (Å²) >= 11 is 7.24. The molecule has 0 bridgehead atoms. The normalized spacial score (nSPS) is 12.2. The van der Waals surface area contributed by atoms with Gasteiger partial charge in [0, 0.05) is 24.5 Å². The first-order valence-corrected chi connectivity index (χ1v) is 8.77. The van der Waals surface area contributed by atoms with Gasteiger partial charge in [-0.3, -0.25) is 9.50 Å². The number of aromatic nitrogens is 5. The molecule has 112 valence electrons. The van der Waals surface area contributed by atoms with Crippen LogP contribution in [0.3, 0.4) is 0 Å². The van der Waals surface area contributed by atoms with Crippen LogP contribution in [0.2, 0.25) is 5.15 Å². The van der Waals surface area contributed by atoms with Crippen molar-refractivity contribution in [3.63, 3.8) is 0 Å². The highest BCUT2D eigenvalue weighted by atomic mass is 35.5. The van der Waals surface area contributed by atoms with E-state index in [9.17, 15) is 8.42 Å². The molecule has 0 aromatic carbocycles. The number of H-pyrrole nitrogens is 1. The Morgan fingerprint density at radius 2 is 2.33 bits per heavy atom. The fourth-order valence-electron chi connectivity index (χ4n) is 1.86. The van der Waals surface area contributed by atoms with Crippen LogP contribution in [0.1, 0.15) is 12.2 Å². The second-order valence-corrected chi connectivity index (χ2v) is 7.11. The third-order valence-corrected chi connectivity index (χ3v) is 5.40. The van der Waals surface area contributed by atoms with E-state index in [-0.39, 0.29) is 16.7 Å². The van der Waals surface area contributed by atoms with Gasteiger partial charge in [0.15, 0.2) is 15.1 Å². The number of sulfonamides is 1. The van der Waals surface area contributed by atoms with Crippen molar-refractivity contribution in [3.05, 3.63) is 28.9 Å². The number of halogens is 1. The molecule has 0 saturated heterocycles. The van der Waals surface area contributed by atoms with E-state index in [4.69, 9.17) is 11.6 Å². The maximum atomic E-state index is 12.3. The van der Waals surface area contributed by atoms with Crippen LogP contribution in [0.4, 0.5) is 0 Å². The number of nitrogens with one attached hydrogen (secondary N) is 2. The number of hydrogen-bond acceptors (Lipinski definition) is 6. The highest BCUT2D eigenvalue weighted by Crippen LogP contribution is 2.25. The first kappa shape index (κ1) is 14.4. The molecule has 2 N–H and O–H groups in total. The van der Waals surface area contributed by atoms with Gasteiger partial charge < -0.3 is 0 Å². The fourth-order valence-corrected chi connectivity index (χ4v) is 4.38. The molecule has 0 atom stereocenters. The molecule has 8 nitrogen and oxygen atoms in total. The Morgan fingerprint density at radius 1 is 1.48 bits per heavy atom. The van der Waals surface area contributed by atoms with Crippen molar-refractivity contribution >= 4 is 37.9 Å². The Balaban J connectivity index is 1.69. The molecule has 0 fully saturated rings. The summed E-state index contributed by atoms with van der Waals surface area (Å²) in [5.74, 6) is 0.719. The first-order chi connectivity index (χ1) is 10.1. The maximum Gasteiger partial charge on any atom is 0.259 e. The lowest BCUT2D eigenvalue weighted by Gasteiger charge is -2.05. The van der Waals surface area contributed by atoms with Crippen LogP contribution in [0.5, 0.6) is 0 Å². The highest BCUT2D eigenvalue weighted by molar-refractivity contribution is 7.89. The number of nitrogens with zero attached hydrogens (tertiary/aromatic N) is 4. The van der Waals surface area contributed by atoms with E-state index < -0.39 is 10.0 Å². The third kappa shape index (κ3) is 2.93. The summed E-state index contributed by atoms with van der Waals surface area (Å²) in [6.07, 6.45) is 4.25. The summed E-state index contributed by atoms with van der Waals surface area (Å²) in [7, 11) is -3.71. The monoisotopic (exact) mass is 346 g/mol. The van der Waals surface area contributed by atoms with Gasteiger partial charge in [-0.15, -0.1) is 11.3 Å². The summed E-state index contributed by atoms with van der Waals surface area (Å²) in [5, 5.41) is 8.15. The van der Waals surface area contributed by atoms with Crippen LogP contribution in [0, 0.1) is 0 Å². The minimum absolute atomic E-state index is 0.0235. The molecule has 0 aliphatic carbocycles. The molecule has 0 unspecified atom stereocenters. The van der Waals surface area contributed by atoms with Gasteiger partial charge in [0.1, 0.15) is 12.2 Å². The zero-order chi connectivity index (χ0) is 14.9. The molecule has 0 radical (unpaired) electrons. The number of fused-ring (bicyclic) bond motifs is 1. The van der Waals surface area contributed by atoms with Gasteiger partial charge in [0.25, 0.3) is 10.0 Å². The van der Waals surface area contributed by atoms with E-state index >= 15 is 0 Å². The second kappa shape index (κ2) is 5.72. The van der Waals surface area contributed by atoms with Crippen molar-refractivity contribution in [2.24, 2.45) is 0 Å². The van der Waals surface area contributed by atoms with E-state index in [1.54, 1.807) is 11.6 Å². The molecule has 0 aliphatic rings. The lowest BCUT2D eigenvalue weighted by atomic mass is 10.3. The fraction of sp³-hybridized carbons (Fsp3) is 0.300. The first-order valence-electron chi connectivity index (χ1n) is 6.03. The molecule has 0 spiro atoms. The molecule has 21 heavy (non-hydrogen) atoms. The quantitative estimate of drug-likeness (QED) is 0.650. The van der Waals surface area contributed by atoms with Crippen LogP contribution in [0.25, 0.3) is 4.96 Å². The van der Waals surface area contributed by atoms with Gasteiger partial charge in [-0.05, 0) is 6.42 Å².